The van der Waals surface area contributed by atoms with Gasteiger partial charge in [0.05, 0.1) is 18.3 Å². The Morgan fingerprint density at radius 3 is 2.67 bits per heavy atom. The molecule has 2 N–H and O–H groups in total. The summed E-state index contributed by atoms with van der Waals surface area (Å²) in [5, 5.41) is 14.1. The van der Waals surface area contributed by atoms with E-state index in [-0.39, 0.29) is 23.1 Å². The Labute approximate surface area is 148 Å². The number of benzene rings is 2. The molecule has 0 atom stereocenters. The third-order valence-electron chi connectivity index (χ3n) is 2.86. The van der Waals surface area contributed by atoms with E-state index in [1.807, 2.05) is 0 Å². The second-order valence-corrected chi connectivity index (χ2v) is 5.43. The van der Waals surface area contributed by atoms with Gasteiger partial charge in [-0.1, -0.05) is 23.2 Å². The van der Waals surface area contributed by atoms with Crippen LogP contribution in [0.5, 0.6) is 17.2 Å². The van der Waals surface area contributed by atoms with Crippen LogP contribution in [-0.4, -0.2) is 30.9 Å². The van der Waals surface area contributed by atoms with E-state index in [2.05, 4.69) is 10.5 Å². The van der Waals surface area contributed by atoms with Crippen molar-refractivity contribution >= 4 is 35.3 Å². The number of amides is 1. The van der Waals surface area contributed by atoms with E-state index in [1.165, 1.54) is 25.5 Å². The van der Waals surface area contributed by atoms with Crippen LogP contribution in [0.3, 0.4) is 0 Å². The minimum Gasteiger partial charge on any atom is -0.503 e. The summed E-state index contributed by atoms with van der Waals surface area (Å²) in [6.07, 6.45) is 1.37. The van der Waals surface area contributed by atoms with Crippen molar-refractivity contribution in [2.75, 3.05) is 13.7 Å². The Balaban J connectivity index is 1.88. The van der Waals surface area contributed by atoms with Gasteiger partial charge in [0.25, 0.3) is 5.91 Å². The van der Waals surface area contributed by atoms with Gasteiger partial charge in [-0.05, 0) is 42.0 Å². The highest BCUT2D eigenvalue weighted by atomic mass is 35.5. The van der Waals surface area contributed by atoms with Crippen LogP contribution in [0.2, 0.25) is 10.0 Å². The van der Waals surface area contributed by atoms with Gasteiger partial charge in [-0.15, -0.1) is 0 Å². The van der Waals surface area contributed by atoms with Gasteiger partial charge in [-0.2, -0.15) is 5.10 Å². The minimum absolute atomic E-state index is 0.119. The molecule has 126 valence electrons. The number of hydrogen-bond acceptors (Lipinski definition) is 5. The number of phenolic OH excluding ortho intramolecular Hbond substituents is 1. The molecule has 6 nitrogen and oxygen atoms in total. The Bertz CT molecular complexity index is 748. The van der Waals surface area contributed by atoms with E-state index in [9.17, 15) is 9.90 Å². The number of rotatable bonds is 6. The smallest absolute Gasteiger partial charge is 0.277 e. The number of hydrogen-bond donors (Lipinski definition) is 2. The molecular formula is C16H14Cl2N2O4. The van der Waals surface area contributed by atoms with Crippen LogP contribution in [0, 0.1) is 0 Å². The highest BCUT2D eigenvalue weighted by Gasteiger charge is 2.08. The molecule has 2 aromatic carbocycles. The van der Waals surface area contributed by atoms with Gasteiger partial charge in [-0.3, -0.25) is 4.79 Å². The highest BCUT2D eigenvalue weighted by Crippen LogP contribution is 2.34. The van der Waals surface area contributed by atoms with Crippen LogP contribution in [0.4, 0.5) is 0 Å². The fraction of sp³-hybridized carbons (Fsp3) is 0.125. The fourth-order valence-corrected chi connectivity index (χ4v) is 2.06. The van der Waals surface area contributed by atoms with Gasteiger partial charge < -0.3 is 14.6 Å². The van der Waals surface area contributed by atoms with Crippen LogP contribution < -0.4 is 14.9 Å². The Hall–Kier alpha value is -2.44. The van der Waals surface area contributed by atoms with E-state index in [4.69, 9.17) is 32.7 Å². The van der Waals surface area contributed by atoms with Crippen molar-refractivity contribution in [3.05, 3.63) is 52.0 Å². The fourth-order valence-electron chi connectivity index (χ4n) is 1.71. The molecule has 0 aliphatic carbocycles. The molecule has 0 aliphatic heterocycles. The van der Waals surface area contributed by atoms with Gasteiger partial charge in [0.1, 0.15) is 5.75 Å². The number of halogens is 2. The molecule has 1 amide bonds. The number of phenols is 1. The Kier molecular flexibility index (Phi) is 6.28. The van der Waals surface area contributed by atoms with E-state index in [0.29, 0.717) is 16.3 Å². The first kappa shape index (κ1) is 17.9. The Morgan fingerprint density at radius 1 is 1.29 bits per heavy atom. The molecule has 0 saturated carbocycles. The zero-order valence-corrected chi connectivity index (χ0v) is 14.1. The van der Waals surface area contributed by atoms with Crippen LogP contribution in [0.1, 0.15) is 5.56 Å². The summed E-state index contributed by atoms with van der Waals surface area (Å²) in [7, 11) is 1.40. The first-order chi connectivity index (χ1) is 11.5. The number of nitrogens with zero attached hydrogens (tertiary/aromatic N) is 1. The van der Waals surface area contributed by atoms with Crippen LogP contribution >= 0.6 is 23.2 Å². The average Bonchev–Trinajstić information content (AvgIpc) is 2.57. The van der Waals surface area contributed by atoms with Crippen LogP contribution in [-0.2, 0) is 4.79 Å². The van der Waals surface area contributed by atoms with Crippen molar-refractivity contribution in [3.8, 4) is 17.2 Å². The SMILES string of the molecule is COc1cc(/C=N/NC(=O)COc2ccc(Cl)cc2)cc(Cl)c1O. The molecule has 2 aromatic rings. The Morgan fingerprint density at radius 2 is 2.00 bits per heavy atom. The molecule has 8 heteroatoms. The van der Waals surface area contributed by atoms with Gasteiger partial charge in [0.15, 0.2) is 18.1 Å². The maximum Gasteiger partial charge on any atom is 0.277 e. The molecule has 0 aliphatic rings. The van der Waals surface area contributed by atoms with E-state index < -0.39 is 5.91 Å². The van der Waals surface area contributed by atoms with Crippen molar-refractivity contribution in [1.29, 1.82) is 0 Å². The summed E-state index contributed by atoms with van der Waals surface area (Å²) >= 11 is 11.6. The summed E-state index contributed by atoms with van der Waals surface area (Å²) in [5.74, 6) is 0.143. The van der Waals surface area contributed by atoms with E-state index in [1.54, 1.807) is 24.3 Å². The largest absolute Gasteiger partial charge is 0.503 e. The molecule has 24 heavy (non-hydrogen) atoms. The second-order valence-electron chi connectivity index (χ2n) is 4.59. The van der Waals surface area contributed by atoms with Crippen molar-refractivity contribution in [3.63, 3.8) is 0 Å². The van der Waals surface area contributed by atoms with E-state index in [0.717, 1.165) is 0 Å². The molecule has 0 spiro atoms. The molecule has 0 radical (unpaired) electrons. The average molecular weight is 369 g/mol. The van der Waals surface area contributed by atoms with Gasteiger partial charge in [0.2, 0.25) is 0 Å². The lowest BCUT2D eigenvalue weighted by molar-refractivity contribution is -0.123. The first-order valence-corrected chi connectivity index (χ1v) is 7.52. The number of nitrogens with one attached hydrogen (secondary N) is 1. The zero-order valence-electron chi connectivity index (χ0n) is 12.6. The summed E-state index contributed by atoms with van der Waals surface area (Å²) in [4.78, 5) is 11.7. The number of hydrazone groups is 1. The number of aromatic hydroxyl groups is 1. The number of ether oxygens (including phenoxy) is 2. The van der Waals surface area contributed by atoms with Gasteiger partial charge in [0, 0.05) is 5.02 Å². The molecule has 0 saturated heterocycles. The molecule has 0 bridgehead atoms. The van der Waals surface area contributed by atoms with Crippen molar-refractivity contribution in [2.45, 2.75) is 0 Å². The van der Waals surface area contributed by atoms with E-state index >= 15 is 0 Å². The quantitative estimate of drug-likeness (QED) is 0.605. The lowest BCUT2D eigenvalue weighted by Gasteiger charge is -2.06. The molecule has 0 aromatic heterocycles. The topological polar surface area (TPSA) is 80.2 Å². The zero-order chi connectivity index (χ0) is 17.5. The predicted molar refractivity (Wildman–Crippen MR) is 92.4 cm³/mol. The third kappa shape index (κ3) is 5.04. The molecular weight excluding hydrogens is 355 g/mol. The molecule has 2 rings (SSSR count). The first-order valence-electron chi connectivity index (χ1n) is 6.76. The third-order valence-corrected chi connectivity index (χ3v) is 3.40. The van der Waals surface area contributed by atoms with Crippen LogP contribution in [0.15, 0.2) is 41.5 Å². The molecule has 0 unspecified atom stereocenters. The number of methoxy groups -OCH3 is 1. The summed E-state index contributed by atoms with van der Waals surface area (Å²) in [6.45, 7) is -0.196. The minimum atomic E-state index is -0.432. The number of carbonyl (C=O) groups is 1. The van der Waals surface area contributed by atoms with Crippen LogP contribution in [0.25, 0.3) is 0 Å². The monoisotopic (exact) mass is 368 g/mol. The van der Waals surface area contributed by atoms with Gasteiger partial charge >= 0.3 is 0 Å². The summed E-state index contributed by atoms with van der Waals surface area (Å²) in [5.41, 5.74) is 2.87. The summed E-state index contributed by atoms with van der Waals surface area (Å²) < 4.78 is 10.3. The maximum atomic E-state index is 11.7. The standard InChI is InChI=1S/C16H14Cl2N2O4/c1-23-14-7-10(6-13(18)16(14)22)8-19-20-15(21)9-24-12-4-2-11(17)3-5-12/h2-8,22H,9H2,1H3,(H,20,21)/b19-8+. The lowest BCUT2D eigenvalue weighted by Crippen LogP contribution is -2.24. The van der Waals surface area contributed by atoms with Gasteiger partial charge in [-0.25, -0.2) is 5.43 Å². The van der Waals surface area contributed by atoms with Crippen molar-refractivity contribution in [1.82, 2.24) is 5.43 Å². The summed E-state index contributed by atoms with van der Waals surface area (Å²) in [6, 6.07) is 9.65. The van der Waals surface area contributed by atoms with Crippen molar-refractivity contribution < 1.29 is 19.4 Å². The highest BCUT2D eigenvalue weighted by molar-refractivity contribution is 6.32. The normalized spacial score (nSPS) is 10.6. The lowest BCUT2D eigenvalue weighted by atomic mass is 10.2. The van der Waals surface area contributed by atoms with Crippen molar-refractivity contribution in [2.24, 2.45) is 5.10 Å². The number of carbonyl (C=O) groups excluding carboxylic acids is 1. The predicted octanol–water partition coefficient (Wildman–Crippen LogP) is 3.24. The second kappa shape index (κ2) is 8.42. The molecule has 0 fully saturated rings. The maximum absolute atomic E-state index is 11.7. The molecule has 0 heterocycles.